The highest BCUT2D eigenvalue weighted by Gasteiger charge is 2.17. The molecule has 1 aliphatic rings. The maximum absolute atomic E-state index is 4.90. The normalized spacial score (nSPS) is 28.8. The molecule has 3 heteroatoms. The van der Waals surface area contributed by atoms with Crippen LogP contribution in [0.25, 0.3) is 0 Å². The van der Waals surface area contributed by atoms with Gasteiger partial charge < -0.3 is 9.05 Å². The molecule has 1 rings (SSSR count). The summed E-state index contributed by atoms with van der Waals surface area (Å²) in [5.41, 5.74) is 0. The Hall–Kier alpha value is 0.220. The van der Waals surface area contributed by atoms with Crippen LogP contribution in [0, 0.1) is 0 Å². The fraction of sp³-hybridized carbons (Fsp3) is 0.667. The van der Waals surface area contributed by atoms with Crippen molar-refractivity contribution in [2.75, 3.05) is 13.5 Å². The maximum Gasteiger partial charge on any atom is 0.159 e. The summed E-state index contributed by atoms with van der Waals surface area (Å²) in [6.07, 6.45) is 3.64. The van der Waals surface area contributed by atoms with Gasteiger partial charge >= 0.3 is 0 Å². The molecule has 1 saturated heterocycles. The van der Waals surface area contributed by atoms with Crippen molar-refractivity contribution in [3.05, 3.63) is 0 Å². The standard InChI is InChI=1S/C3H7O2P/c1-6(2)4-3-5-6/h1,3H2,2H3. The Morgan fingerprint density at radius 2 is 2.00 bits per heavy atom. The van der Waals surface area contributed by atoms with E-state index in [-0.39, 0.29) is 0 Å². The van der Waals surface area contributed by atoms with E-state index in [0.29, 0.717) is 6.79 Å². The summed E-state index contributed by atoms with van der Waals surface area (Å²) in [7, 11) is -1.47. The van der Waals surface area contributed by atoms with E-state index >= 15 is 0 Å². The third-order valence-electron chi connectivity index (χ3n) is 0.652. The van der Waals surface area contributed by atoms with Crippen molar-refractivity contribution in [1.82, 2.24) is 0 Å². The molecular formula is C3H7O2P. The van der Waals surface area contributed by atoms with E-state index in [1.165, 1.54) is 0 Å². The first-order valence-electron chi connectivity index (χ1n) is 1.71. The third kappa shape index (κ3) is 0.648. The first kappa shape index (κ1) is 4.38. The van der Waals surface area contributed by atoms with Crippen LogP contribution < -0.4 is 0 Å². The molecule has 0 spiro atoms. The molecule has 0 aromatic rings. The van der Waals surface area contributed by atoms with Crippen molar-refractivity contribution < 1.29 is 9.05 Å². The highest BCUT2D eigenvalue weighted by Crippen LogP contribution is 2.50. The highest BCUT2D eigenvalue weighted by molar-refractivity contribution is 7.64. The molecule has 1 heterocycles. The molecule has 0 N–H and O–H groups in total. The van der Waals surface area contributed by atoms with Gasteiger partial charge in [0.25, 0.3) is 0 Å². The van der Waals surface area contributed by atoms with Crippen molar-refractivity contribution >= 4 is 13.6 Å². The van der Waals surface area contributed by atoms with Crippen molar-refractivity contribution in [1.29, 1.82) is 0 Å². The molecule has 0 bridgehead atoms. The predicted molar refractivity (Wildman–Crippen MR) is 27.0 cm³/mol. The second kappa shape index (κ2) is 1.09. The summed E-state index contributed by atoms with van der Waals surface area (Å²) < 4.78 is 9.79. The molecule has 0 radical (unpaired) electrons. The molecule has 1 fully saturated rings. The molecule has 0 unspecified atom stereocenters. The molecular weight excluding hydrogens is 99.0 g/mol. The van der Waals surface area contributed by atoms with Crippen LogP contribution in [-0.4, -0.2) is 19.8 Å². The van der Waals surface area contributed by atoms with Gasteiger partial charge in [-0.2, -0.15) is 0 Å². The van der Waals surface area contributed by atoms with Crippen molar-refractivity contribution in [2.45, 2.75) is 0 Å². The van der Waals surface area contributed by atoms with Gasteiger partial charge in [-0.05, 0) is 0 Å². The lowest BCUT2D eigenvalue weighted by molar-refractivity contribution is 0.0379. The second-order valence-electron chi connectivity index (χ2n) is 1.39. The number of hydrogen-bond donors (Lipinski definition) is 0. The van der Waals surface area contributed by atoms with Gasteiger partial charge in [0.15, 0.2) is 6.79 Å². The molecule has 0 atom stereocenters. The summed E-state index contributed by atoms with van der Waals surface area (Å²) in [6, 6.07) is 0. The minimum atomic E-state index is -1.47. The predicted octanol–water partition coefficient (Wildman–Crippen LogP) is 0.900. The third-order valence-corrected chi connectivity index (χ3v) is 1.95. The summed E-state index contributed by atoms with van der Waals surface area (Å²) in [4.78, 5) is 0. The van der Waals surface area contributed by atoms with E-state index in [9.17, 15) is 0 Å². The first-order chi connectivity index (χ1) is 2.71. The van der Waals surface area contributed by atoms with Crippen LogP contribution in [0.3, 0.4) is 0 Å². The zero-order valence-corrected chi connectivity index (χ0v) is 4.57. The summed E-state index contributed by atoms with van der Waals surface area (Å²) >= 11 is 0. The molecule has 2 nitrogen and oxygen atoms in total. The van der Waals surface area contributed by atoms with Crippen LogP contribution in [-0.2, 0) is 9.05 Å². The molecule has 0 amide bonds. The van der Waals surface area contributed by atoms with Gasteiger partial charge in [0, 0.05) is 6.66 Å². The largest absolute Gasteiger partial charge is 0.311 e. The van der Waals surface area contributed by atoms with E-state index in [0.717, 1.165) is 0 Å². The Labute approximate surface area is 37.2 Å². The number of hydrogen-bond acceptors (Lipinski definition) is 2. The Morgan fingerprint density at radius 3 is 2.00 bits per heavy atom. The zero-order valence-electron chi connectivity index (χ0n) is 3.68. The minimum Gasteiger partial charge on any atom is -0.311 e. The maximum atomic E-state index is 4.90. The SMILES string of the molecule is C=P1(C)OCO1. The van der Waals surface area contributed by atoms with Crippen LogP contribution in [0.15, 0.2) is 0 Å². The van der Waals surface area contributed by atoms with Gasteiger partial charge in [-0.3, -0.25) is 0 Å². The van der Waals surface area contributed by atoms with Crippen molar-refractivity contribution in [2.24, 2.45) is 0 Å². The van der Waals surface area contributed by atoms with Crippen LogP contribution >= 0.6 is 7.34 Å². The lowest BCUT2D eigenvalue weighted by Crippen LogP contribution is -2.08. The molecule has 0 aliphatic carbocycles. The van der Waals surface area contributed by atoms with E-state index in [1.807, 2.05) is 6.66 Å². The smallest absolute Gasteiger partial charge is 0.159 e. The van der Waals surface area contributed by atoms with Crippen LogP contribution in [0.5, 0.6) is 0 Å². The van der Waals surface area contributed by atoms with E-state index in [2.05, 4.69) is 6.30 Å². The van der Waals surface area contributed by atoms with Gasteiger partial charge in [0.1, 0.15) is 7.34 Å². The van der Waals surface area contributed by atoms with Gasteiger partial charge in [0.2, 0.25) is 0 Å². The molecule has 0 aromatic carbocycles. The lowest BCUT2D eigenvalue weighted by Gasteiger charge is -2.28. The van der Waals surface area contributed by atoms with Crippen LogP contribution in [0.4, 0.5) is 0 Å². The second-order valence-corrected chi connectivity index (χ2v) is 3.93. The molecule has 0 saturated carbocycles. The van der Waals surface area contributed by atoms with E-state index < -0.39 is 7.34 Å². The molecule has 6 heavy (non-hydrogen) atoms. The fourth-order valence-corrected chi connectivity index (χ4v) is 0.698. The Kier molecular flexibility index (Phi) is 0.798. The van der Waals surface area contributed by atoms with E-state index in [4.69, 9.17) is 9.05 Å². The average Bonchev–Trinajstić information content (AvgIpc) is 1.32. The zero-order chi connectivity index (χ0) is 4.62. The van der Waals surface area contributed by atoms with Gasteiger partial charge in [0.05, 0.1) is 0 Å². The van der Waals surface area contributed by atoms with Gasteiger partial charge in [-0.1, -0.05) is 6.30 Å². The van der Waals surface area contributed by atoms with Crippen LogP contribution in [0.1, 0.15) is 0 Å². The average molecular weight is 106 g/mol. The summed E-state index contributed by atoms with van der Waals surface area (Å²) in [6.45, 7) is 2.34. The van der Waals surface area contributed by atoms with Crippen molar-refractivity contribution in [3.63, 3.8) is 0 Å². The summed E-state index contributed by atoms with van der Waals surface area (Å²) in [5.74, 6) is 0. The Morgan fingerprint density at radius 1 is 1.67 bits per heavy atom. The van der Waals surface area contributed by atoms with Crippen molar-refractivity contribution in [3.8, 4) is 0 Å². The fourth-order valence-electron chi connectivity index (χ4n) is 0.233. The monoisotopic (exact) mass is 106 g/mol. The first-order valence-corrected chi connectivity index (χ1v) is 3.96. The molecule has 1 aliphatic heterocycles. The van der Waals surface area contributed by atoms with Gasteiger partial charge in [-0.25, -0.2) is 0 Å². The Balaban J connectivity index is 2.53. The Bertz CT molecular complexity index is 91.0. The lowest BCUT2D eigenvalue weighted by atomic mass is 11.5. The molecule has 0 aromatic heterocycles. The van der Waals surface area contributed by atoms with Gasteiger partial charge in [-0.15, -0.1) is 0 Å². The number of rotatable bonds is 0. The molecule has 36 valence electrons. The van der Waals surface area contributed by atoms with E-state index in [1.54, 1.807) is 0 Å². The summed E-state index contributed by atoms with van der Waals surface area (Å²) in [5, 5.41) is 0. The quantitative estimate of drug-likeness (QED) is 0.427. The minimum absolute atomic E-state index is 0.452. The highest BCUT2D eigenvalue weighted by atomic mass is 31.2. The van der Waals surface area contributed by atoms with Crippen LogP contribution in [0.2, 0.25) is 0 Å². The topological polar surface area (TPSA) is 18.5 Å².